The van der Waals surface area contributed by atoms with Crippen LogP contribution in [0.25, 0.3) is 11.3 Å². The molecule has 0 spiro atoms. The predicted molar refractivity (Wildman–Crippen MR) is 87.4 cm³/mol. The first-order chi connectivity index (χ1) is 11.4. The molecule has 0 saturated carbocycles. The van der Waals surface area contributed by atoms with Crippen LogP contribution in [0.4, 0.5) is 8.78 Å². The quantitative estimate of drug-likeness (QED) is 0.843. The summed E-state index contributed by atoms with van der Waals surface area (Å²) in [6.07, 6.45) is 0.158. The summed E-state index contributed by atoms with van der Waals surface area (Å²) in [5.41, 5.74) is 6.88. The fraction of sp³-hybridized carbons (Fsp3) is 0.412. The van der Waals surface area contributed by atoms with Crippen molar-refractivity contribution in [3.63, 3.8) is 0 Å². The van der Waals surface area contributed by atoms with Crippen molar-refractivity contribution in [3.8, 4) is 11.3 Å². The first-order valence-corrected chi connectivity index (χ1v) is 7.78. The van der Waals surface area contributed by atoms with E-state index in [4.69, 9.17) is 5.73 Å². The maximum atomic E-state index is 13.6. The summed E-state index contributed by atoms with van der Waals surface area (Å²) in [6, 6.07) is 3.43. The molecular weight excluding hydrogens is 316 g/mol. The fourth-order valence-electron chi connectivity index (χ4n) is 2.59. The highest BCUT2D eigenvalue weighted by Crippen LogP contribution is 2.25. The zero-order chi connectivity index (χ0) is 17.9. The maximum absolute atomic E-state index is 13.6. The van der Waals surface area contributed by atoms with Gasteiger partial charge in [0.2, 0.25) is 0 Å². The molecule has 1 aromatic carbocycles. The third-order valence-electron chi connectivity index (χ3n) is 3.66. The number of hydrogen-bond donors (Lipinski definition) is 2. The van der Waals surface area contributed by atoms with Crippen LogP contribution in [0.5, 0.6) is 0 Å². The number of hydrogen-bond acceptors (Lipinski definition) is 4. The Labute approximate surface area is 138 Å². The van der Waals surface area contributed by atoms with Crippen molar-refractivity contribution < 1.29 is 13.9 Å². The largest absolute Gasteiger partial charge is 0.396 e. The summed E-state index contributed by atoms with van der Waals surface area (Å²) in [4.78, 5) is 12.5. The van der Waals surface area contributed by atoms with Crippen molar-refractivity contribution in [1.82, 2.24) is 9.78 Å². The van der Waals surface area contributed by atoms with Crippen LogP contribution in [0.1, 0.15) is 25.0 Å². The number of aliphatic hydroxyl groups excluding tert-OH is 1. The molecule has 0 fully saturated rings. The van der Waals surface area contributed by atoms with E-state index >= 15 is 0 Å². The van der Waals surface area contributed by atoms with Gasteiger partial charge in [-0.1, -0.05) is 13.8 Å². The molecule has 2 aromatic rings. The molecule has 0 radical (unpaired) electrons. The second-order valence-electron chi connectivity index (χ2n) is 5.99. The Morgan fingerprint density at radius 1 is 1.25 bits per heavy atom. The molecule has 3 N–H and O–H groups in total. The van der Waals surface area contributed by atoms with Gasteiger partial charge < -0.3 is 10.8 Å². The van der Waals surface area contributed by atoms with Crippen LogP contribution >= 0.6 is 0 Å². The number of nitrogens with zero attached hydrogens (tertiary/aromatic N) is 2. The minimum Gasteiger partial charge on any atom is -0.396 e. The van der Waals surface area contributed by atoms with Crippen molar-refractivity contribution in [2.24, 2.45) is 11.7 Å². The molecule has 0 atom stereocenters. The smallest absolute Gasteiger partial charge is 0.271 e. The van der Waals surface area contributed by atoms with Gasteiger partial charge in [0, 0.05) is 30.8 Å². The highest BCUT2D eigenvalue weighted by Gasteiger charge is 2.19. The lowest BCUT2D eigenvalue weighted by atomic mass is 9.99. The van der Waals surface area contributed by atoms with Crippen LogP contribution in [-0.2, 0) is 19.5 Å². The van der Waals surface area contributed by atoms with Gasteiger partial charge in [-0.3, -0.25) is 4.79 Å². The maximum Gasteiger partial charge on any atom is 0.271 e. The highest BCUT2D eigenvalue weighted by molar-refractivity contribution is 5.64. The molecule has 0 aliphatic heterocycles. The number of benzene rings is 1. The molecule has 2 rings (SSSR count). The van der Waals surface area contributed by atoms with Crippen molar-refractivity contribution in [1.29, 1.82) is 0 Å². The lowest BCUT2D eigenvalue weighted by Crippen LogP contribution is -2.32. The van der Waals surface area contributed by atoms with Gasteiger partial charge in [-0.15, -0.1) is 0 Å². The van der Waals surface area contributed by atoms with Crippen LogP contribution in [0.3, 0.4) is 0 Å². The normalized spacial score (nSPS) is 11.3. The van der Waals surface area contributed by atoms with E-state index in [1.165, 1.54) is 10.7 Å². The summed E-state index contributed by atoms with van der Waals surface area (Å²) < 4.78 is 28.1. The molecule has 0 aliphatic carbocycles. The summed E-state index contributed by atoms with van der Waals surface area (Å²) in [5, 5.41) is 13.6. The number of halogens is 2. The van der Waals surface area contributed by atoms with Crippen molar-refractivity contribution >= 4 is 0 Å². The molecule has 0 aliphatic rings. The van der Waals surface area contributed by atoms with Crippen LogP contribution < -0.4 is 11.3 Å². The second-order valence-corrected chi connectivity index (χ2v) is 5.99. The zero-order valence-electron chi connectivity index (χ0n) is 13.7. The van der Waals surface area contributed by atoms with E-state index in [1.54, 1.807) is 0 Å². The van der Waals surface area contributed by atoms with Crippen molar-refractivity contribution in [2.45, 2.75) is 33.4 Å². The Balaban J connectivity index is 2.74. The number of aliphatic hydroxyl groups is 1. The molecule has 0 amide bonds. The van der Waals surface area contributed by atoms with Gasteiger partial charge in [-0.25, -0.2) is 13.5 Å². The van der Waals surface area contributed by atoms with E-state index in [0.717, 1.165) is 12.1 Å². The lowest BCUT2D eigenvalue weighted by Gasteiger charge is -2.17. The average molecular weight is 337 g/mol. The van der Waals surface area contributed by atoms with Gasteiger partial charge >= 0.3 is 0 Å². The molecule has 0 unspecified atom stereocenters. The molecule has 130 valence electrons. The standard InChI is InChI=1S/C17H21F2N3O2/c1-10(2)9-22-17(24)13(8-20)12(5-6-23)16(21-22)11-3-4-14(18)15(19)7-11/h3-4,7,10,23H,5-6,8-9,20H2,1-2H3. The summed E-state index contributed by atoms with van der Waals surface area (Å²) in [6.45, 7) is 4.02. The van der Waals surface area contributed by atoms with E-state index in [2.05, 4.69) is 5.10 Å². The van der Waals surface area contributed by atoms with E-state index in [1.807, 2.05) is 13.8 Å². The number of aromatic nitrogens is 2. The molecule has 5 nitrogen and oxygen atoms in total. The van der Waals surface area contributed by atoms with E-state index in [-0.39, 0.29) is 31.0 Å². The summed E-state index contributed by atoms with van der Waals surface area (Å²) in [5.74, 6) is -1.79. The third kappa shape index (κ3) is 3.68. The highest BCUT2D eigenvalue weighted by atomic mass is 19.2. The third-order valence-corrected chi connectivity index (χ3v) is 3.66. The van der Waals surface area contributed by atoms with Gasteiger partial charge in [0.25, 0.3) is 5.56 Å². The Morgan fingerprint density at radius 2 is 1.96 bits per heavy atom. The first kappa shape index (κ1) is 18.2. The van der Waals surface area contributed by atoms with Gasteiger partial charge in [0.1, 0.15) is 0 Å². The van der Waals surface area contributed by atoms with Crippen LogP contribution in [0, 0.1) is 17.6 Å². The molecule has 0 saturated heterocycles. The Hall–Kier alpha value is -2.12. The number of nitrogens with two attached hydrogens (primary N) is 1. The second kappa shape index (κ2) is 7.63. The molecular formula is C17H21F2N3O2. The van der Waals surface area contributed by atoms with Crippen molar-refractivity contribution in [3.05, 3.63) is 51.3 Å². The summed E-state index contributed by atoms with van der Waals surface area (Å²) >= 11 is 0. The molecule has 24 heavy (non-hydrogen) atoms. The monoisotopic (exact) mass is 337 g/mol. The minimum atomic E-state index is -1.000. The van der Waals surface area contributed by atoms with E-state index in [9.17, 15) is 18.7 Å². The SMILES string of the molecule is CC(C)Cn1nc(-c2ccc(F)c(F)c2)c(CCO)c(CN)c1=O. The zero-order valence-corrected chi connectivity index (χ0v) is 13.7. The lowest BCUT2D eigenvalue weighted by molar-refractivity contribution is 0.299. The average Bonchev–Trinajstić information content (AvgIpc) is 2.53. The van der Waals surface area contributed by atoms with Gasteiger partial charge in [-0.2, -0.15) is 5.10 Å². The fourth-order valence-corrected chi connectivity index (χ4v) is 2.59. The van der Waals surface area contributed by atoms with Crippen molar-refractivity contribution in [2.75, 3.05) is 6.61 Å². The van der Waals surface area contributed by atoms with Gasteiger partial charge in [0.05, 0.1) is 5.69 Å². The van der Waals surface area contributed by atoms with Gasteiger partial charge in [0.15, 0.2) is 11.6 Å². The summed E-state index contributed by atoms with van der Waals surface area (Å²) in [7, 11) is 0. The van der Waals surface area contributed by atoms with Crippen LogP contribution in [-0.4, -0.2) is 21.5 Å². The van der Waals surface area contributed by atoms with E-state index in [0.29, 0.717) is 28.9 Å². The van der Waals surface area contributed by atoms with Crippen LogP contribution in [0.2, 0.25) is 0 Å². The molecule has 0 bridgehead atoms. The molecule has 1 heterocycles. The minimum absolute atomic E-state index is 0.0224. The topological polar surface area (TPSA) is 81.1 Å². The molecule has 1 aromatic heterocycles. The first-order valence-electron chi connectivity index (χ1n) is 7.78. The predicted octanol–water partition coefficient (Wildman–Crippen LogP) is 1.84. The Morgan fingerprint density at radius 3 is 2.50 bits per heavy atom. The molecule has 7 heteroatoms. The number of rotatable bonds is 6. The Bertz CT molecular complexity index is 788. The Kier molecular flexibility index (Phi) is 5.80. The van der Waals surface area contributed by atoms with E-state index < -0.39 is 11.6 Å². The van der Waals surface area contributed by atoms with Crippen LogP contribution in [0.15, 0.2) is 23.0 Å². The van der Waals surface area contributed by atoms with Gasteiger partial charge in [-0.05, 0) is 36.1 Å².